The molecule has 0 aromatic carbocycles. The van der Waals surface area contributed by atoms with Gasteiger partial charge in [-0.2, -0.15) is 24.4 Å². The second-order valence-corrected chi connectivity index (χ2v) is 5.68. The Kier molecular flexibility index (Phi) is 8.12. The third-order valence-corrected chi connectivity index (χ3v) is 4.36. The second-order valence-electron chi connectivity index (χ2n) is 3.82. The summed E-state index contributed by atoms with van der Waals surface area (Å²) in [7, 11) is 0. The number of hydrogen-bond acceptors (Lipinski definition) is 3. The fourth-order valence-electron chi connectivity index (χ4n) is 1.66. The van der Waals surface area contributed by atoms with E-state index in [-0.39, 0.29) is 0 Å². The summed E-state index contributed by atoms with van der Waals surface area (Å²) in [5.74, 6) is 2.39. The van der Waals surface area contributed by atoms with Crippen molar-refractivity contribution < 1.29 is 4.74 Å². The number of thiol groups is 1. The molecule has 0 atom stereocenters. The molecule has 14 heavy (non-hydrogen) atoms. The molecule has 0 amide bonds. The Bertz CT molecular complexity index is 124. The third kappa shape index (κ3) is 6.20. The second kappa shape index (κ2) is 8.93. The molecule has 0 spiro atoms. The minimum absolute atomic E-state index is 0.883. The van der Waals surface area contributed by atoms with Crippen molar-refractivity contribution in [1.82, 2.24) is 0 Å². The van der Waals surface area contributed by atoms with Gasteiger partial charge in [-0.3, -0.25) is 0 Å². The minimum atomic E-state index is 0.883. The van der Waals surface area contributed by atoms with Gasteiger partial charge in [0, 0.05) is 18.5 Å². The predicted octanol–water partition coefficient (Wildman–Crippen LogP) is 3.39. The van der Waals surface area contributed by atoms with Crippen molar-refractivity contribution in [3.05, 3.63) is 0 Å². The van der Waals surface area contributed by atoms with Crippen LogP contribution in [0, 0.1) is 0 Å². The molecule has 3 heteroatoms. The van der Waals surface area contributed by atoms with E-state index in [1.165, 1.54) is 44.3 Å². The van der Waals surface area contributed by atoms with Gasteiger partial charge in [-0.05, 0) is 37.2 Å². The number of hydrogen-bond donors (Lipinski definition) is 1. The zero-order valence-corrected chi connectivity index (χ0v) is 10.6. The minimum Gasteiger partial charge on any atom is -0.381 e. The van der Waals surface area contributed by atoms with Crippen molar-refractivity contribution in [1.29, 1.82) is 0 Å². The zero-order chi connectivity index (χ0) is 10.1. The van der Waals surface area contributed by atoms with Crippen molar-refractivity contribution in [2.45, 2.75) is 43.8 Å². The normalized spacial score (nSPS) is 18.6. The highest BCUT2D eigenvalue weighted by Crippen LogP contribution is 2.23. The Hall–Kier alpha value is 0.660. The summed E-state index contributed by atoms with van der Waals surface area (Å²) in [5, 5.41) is 0.883. The first-order chi connectivity index (χ1) is 6.93. The molecular formula is C11H22OS2. The Morgan fingerprint density at radius 1 is 1.07 bits per heavy atom. The van der Waals surface area contributed by atoms with Crippen LogP contribution >= 0.6 is 24.4 Å². The first-order valence-corrected chi connectivity index (χ1v) is 7.42. The summed E-state index contributed by atoms with van der Waals surface area (Å²) in [5.41, 5.74) is 0. The first kappa shape index (κ1) is 12.7. The quantitative estimate of drug-likeness (QED) is 0.534. The van der Waals surface area contributed by atoms with Crippen molar-refractivity contribution >= 4 is 24.4 Å². The van der Waals surface area contributed by atoms with Crippen LogP contribution in [0.25, 0.3) is 0 Å². The zero-order valence-electron chi connectivity index (χ0n) is 8.91. The molecule has 1 aliphatic rings. The molecule has 1 aliphatic heterocycles. The average Bonchev–Trinajstić information content (AvgIpc) is 2.25. The molecule has 1 heterocycles. The molecule has 0 radical (unpaired) electrons. The molecule has 1 saturated heterocycles. The number of ether oxygens (including phenoxy) is 1. The van der Waals surface area contributed by atoms with Gasteiger partial charge in [0.1, 0.15) is 0 Å². The Labute approximate surface area is 97.8 Å². The lowest BCUT2D eigenvalue weighted by Gasteiger charge is -2.21. The lowest BCUT2D eigenvalue weighted by atomic mass is 10.2. The molecular weight excluding hydrogens is 212 g/mol. The van der Waals surface area contributed by atoms with Crippen LogP contribution in [0.5, 0.6) is 0 Å². The number of unbranched alkanes of at least 4 members (excludes halogenated alkanes) is 3. The van der Waals surface area contributed by atoms with Crippen LogP contribution in [0.4, 0.5) is 0 Å². The van der Waals surface area contributed by atoms with Crippen molar-refractivity contribution in [2.24, 2.45) is 0 Å². The molecule has 0 aromatic rings. The van der Waals surface area contributed by atoms with E-state index >= 15 is 0 Å². The van der Waals surface area contributed by atoms with E-state index in [0.29, 0.717) is 0 Å². The SMILES string of the molecule is SCCCCCCSC1CCOCC1. The molecule has 0 saturated carbocycles. The van der Waals surface area contributed by atoms with Gasteiger partial charge in [-0.1, -0.05) is 12.8 Å². The Balaban J connectivity index is 1.82. The summed E-state index contributed by atoms with van der Waals surface area (Å²) in [6.45, 7) is 1.97. The fraction of sp³-hybridized carbons (Fsp3) is 1.00. The van der Waals surface area contributed by atoms with Crippen LogP contribution in [0.3, 0.4) is 0 Å². The Morgan fingerprint density at radius 2 is 1.79 bits per heavy atom. The van der Waals surface area contributed by atoms with E-state index < -0.39 is 0 Å². The molecule has 0 N–H and O–H groups in total. The van der Waals surface area contributed by atoms with Crippen LogP contribution in [-0.4, -0.2) is 30.0 Å². The third-order valence-electron chi connectivity index (χ3n) is 2.57. The van der Waals surface area contributed by atoms with E-state index in [0.717, 1.165) is 24.2 Å². The van der Waals surface area contributed by atoms with Crippen molar-refractivity contribution in [3.63, 3.8) is 0 Å². The summed E-state index contributed by atoms with van der Waals surface area (Å²) in [4.78, 5) is 0. The van der Waals surface area contributed by atoms with E-state index in [2.05, 4.69) is 24.4 Å². The molecule has 1 rings (SSSR count). The standard InChI is InChI=1S/C11H22OS2/c13-9-3-1-2-4-10-14-11-5-7-12-8-6-11/h11,13H,1-10H2. The van der Waals surface area contributed by atoms with Crippen LogP contribution in [0.1, 0.15) is 38.5 Å². The van der Waals surface area contributed by atoms with Gasteiger partial charge in [-0.25, -0.2) is 0 Å². The maximum absolute atomic E-state index is 5.34. The molecule has 0 aromatic heterocycles. The van der Waals surface area contributed by atoms with Gasteiger partial charge in [0.05, 0.1) is 0 Å². The van der Waals surface area contributed by atoms with E-state index in [1.54, 1.807) is 0 Å². The number of thioether (sulfide) groups is 1. The van der Waals surface area contributed by atoms with Crippen LogP contribution < -0.4 is 0 Å². The van der Waals surface area contributed by atoms with Gasteiger partial charge in [-0.15, -0.1) is 0 Å². The van der Waals surface area contributed by atoms with Gasteiger partial charge in [0.15, 0.2) is 0 Å². The molecule has 1 nitrogen and oxygen atoms in total. The lowest BCUT2D eigenvalue weighted by Crippen LogP contribution is -2.17. The maximum atomic E-state index is 5.34. The van der Waals surface area contributed by atoms with Crippen LogP contribution in [0.15, 0.2) is 0 Å². The Morgan fingerprint density at radius 3 is 2.50 bits per heavy atom. The van der Waals surface area contributed by atoms with Crippen LogP contribution in [-0.2, 0) is 4.74 Å². The summed E-state index contributed by atoms with van der Waals surface area (Å²) in [6, 6.07) is 0. The molecule has 0 aliphatic carbocycles. The van der Waals surface area contributed by atoms with E-state index in [1.807, 2.05) is 0 Å². The smallest absolute Gasteiger partial charge is 0.0476 e. The van der Waals surface area contributed by atoms with Crippen molar-refractivity contribution in [2.75, 3.05) is 24.7 Å². The molecule has 84 valence electrons. The summed E-state index contributed by atoms with van der Waals surface area (Å²) < 4.78 is 5.34. The molecule has 1 fully saturated rings. The predicted molar refractivity (Wildman–Crippen MR) is 68.6 cm³/mol. The van der Waals surface area contributed by atoms with Gasteiger partial charge in [0.2, 0.25) is 0 Å². The highest BCUT2D eigenvalue weighted by Gasteiger charge is 2.13. The highest BCUT2D eigenvalue weighted by atomic mass is 32.2. The summed E-state index contributed by atoms with van der Waals surface area (Å²) in [6.07, 6.45) is 7.94. The fourth-order valence-corrected chi connectivity index (χ4v) is 3.11. The van der Waals surface area contributed by atoms with E-state index in [9.17, 15) is 0 Å². The first-order valence-electron chi connectivity index (χ1n) is 5.73. The van der Waals surface area contributed by atoms with Gasteiger partial charge < -0.3 is 4.74 Å². The van der Waals surface area contributed by atoms with E-state index in [4.69, 9.17) is 4.74 Å². The monoisotopic (exact) mass is 234 g/mol. The highest BCUT2D eigenvalue weighted by molar-refractivity contribution is 7.99. The molecule has 0 bridgehead atoms. The molecule has 0 unspecified atom stereocenters. The maximum Gasteiger partial charge on any atom is 0.0476 e. The average molecular weight is 234 g/mol. The number of rotatable bonds is 7. The lowest BCUT2D eigenvalue weighted by molar-refractivity contribution is 0.100. The van der Waals surface area contributed by atoms with Gasteiger partial charge in [0.25, 0.3) is 0 Å². The largest absolute Gasteiger partial charge is 0.381 e. The van der Waals surface area contributed by atoms with Crippen molar-refractivity contribution in [3.8, 4) is 0 Å². The van der Waals surface area contributed by atoms with Crippen LogP contribution in [0.2, 0.25) is 0 Å². The summed E-state index contributed by atoms with van der Waals surface area (Å²) >= 11 is 6.37. The van der Waals surface area contributed by atoms with Gasteiger partial charge >= 0.3 is 0 Å². The topological polar surface area (TPSA) is 9.23 Å².